The Labute approximate surface area is 82.4 Å². The summed E-state index contributed by atoms with van der Waals surface area (Å²) in [4.78, 5) is 4.00. The minimum atomic E-state index is -0.173. The quantitative estimate of drug-likeness (QED) is 0.551. The Balaban J connectivity index is 2.78. The van der Waals surface area contributed by atoms with Crippen LogP contribution in [0.3, 0.4) is 0 Å². The lowest BCUT2D eigenvalue weighted by Gasteiger charge is -1.90. The zero-order valence-electron chi connectivity index (χ0n) is 7.49. The summed E-state index contributed by atoms with van der Waals surface area (Å²) in [6.07, 6.45) is 1.57. The maximum atomic E-state index is 8.45. The molecule has 0 spiro atoms. The Bertz CT molecular complexity index is 360. The largest absolute Gasteiger partial charge is 0.384 e. The van der Waals surface area contributed by atoms with Crippen LogP contribution in [-0.4, -0.2) is 28.4 Å². The standard InChI is InChI=1S/C11H9NO2/c13-7-1-3-10-5-6-11(12-9-10)4-2-8-14/h5-6,9,13-14H,7-8H2. The third-order valence-electron chi connectivity index (χ3n) is 1.37. The van der Waals surface area contributed by atoms with Crippen LogP contribution in [0.15, 0.2) is 18.3 Å². The summed E-state index contributed by atoms with van der Waals surface area (Å²) < 4.78 is 0. The molecule has 0 aliphatic carbocycles. The fourth-order valence-corrected chi connectivity index (χ4v) is 0.813. The zero-order chi connectivity index (χ0) is 10.2. The molecule has 0 saturated carbocycles. The number of hydrogen-bond donors (Lipinski definition) is 2. The van der Waals surface area contributed by atoms with Gasteiger partial charge < -0.3 is 10.2 Å². The van der Waals surface area contributed by atoms with Gasteiger partial charge in [-0.1, -0.05) is 17.8 Å². The van der Waals surface area contributed by atoms with Crippen molar-refractivity contribution in [2.45, 2.75) is 0 Å². The molecule has 0 saturated heterocycles. The van der Waals surface area contributed by atoms with Crippen LogP contribution in [0, 0.1) is 23.7 Å². The third-order valence-corrected chi connectivity index (χ3v) is 1.37. The van der Waals surface area contributed by atoms with E-state index in [-0.39, 0.29) is 13.2 Å². The first-order valence-electron chi connectivity index (χ1n) is 4.02. The average molecular weight is 187 g/mol. The highest BCUT2D eigenvalue weighted by Gasteiger charge is 1.88. The SMILES string of the molecule is OCC#Cc1ccc(C#CCO)nc1. The molecule has 0 radical (unpaired) electrons. The van der Waals surface area contributed by atoms with Gasteiger partial charge >= 0.3 is 0 Å². The van der Waals surface area contributed by atoms with E-state index in [1.807, 2.05) is 0 Å². The van der Waals surface area contributed by atoms with Crippen LogP contribution in [0.25, 0.3) is 0 Å². The van der Waals surface area contributed by atoms with Gasteiger partial charge in [-0.2, -0.15) is 0 Å². The van der Waals surface area contributed by atoms with Gasteiger partial charge in [-0.15, -0.1) is 0 Å². The van der Waals surface area contributed by atoms with Gasteiger partial charge in [-0.25, -0.2) is 4.98 Å². The van der Waals surface area contributed by atoms with E-state index in [0.29, 0.717) is 5.69 Å². The lowest BCUT2D eigenvalue weighted by atomic mass is 10.2. The molecule has 14 heavy (non-hydrogen) atoms. The van der Waals surface area contributed by atoms with E-state index in [0.717, 1.165) is 5.56 Å². The molecule has 0 aliphatic heterocycles. The number of nitrogens with zero attached hydrogens (tertiary/aromatic N) is 1. The lowest BCUT2D eigenvalue weighted by Crippen LogP contribution is -1.84. The van der Waals surface area contributed by atoms with E-state index in [2.05, 4.69) is 28.7 Å². The van der Waals surface area contributed by atoms with Crippen LogP contribution < -0.4 is 0 Å². The van der Waals surface area contributed by atoms with E-state index in [1.54, 1.807) is 18.3 Å². The first kappa shape index (κ1) is 10.3. The molecule has 3 heteroatoms. The Morgan fingerprint density at radius 3 is 2.36 bits per heavy atom. The summed E-state index contributed by atoms with van der Waals surface area (Å²) in [6.45, 7) is -0.334. The molecular weight excluding hydrogens is 178 g/mol. The fraction of sp³-hybridized carbons (Fsp3) is 0.182. The first-order valence-corrected chi connectivity index (χ1v) is 4.02. The summed E-state index contributed by atoms with van der Waals surface area (Å²) in [5, 5.41) is 16.9. The Kier molecular flexibility index (Phi) is 4.23. The summed E-state index contributed by atoms with van der Waals surface area (Å²) >= 11 is 0. The molecule has 0 amide bonds. The Morgan fingerprint density at radius 1 is 1.07 bits per heavy atom. The van der Waals surface area contributed by atoms with Crippen molar-refractivity contribution in [3.8, 4) is 23.7 Å². The van der Waals surface area contributed by atoms with Gasteiger partial charge in [0.1, 0.15) is 18.9 Å². The second-order valence-corrected chi connectivity index (χ2v) is 2.35. The fourth-order valence-electron chi connectivity index (χ4n) is 0.813. The molecule has 1 aromatic heterocycles. The van der Waals surface area contributed by atoms with Crippen LogP contribution in [-0.2, 0) is 0 Å². The normalized spacial score (nSPS) is 8.14. The van der Waals surface area contributed by atoms with Gasteiger partial charge in [-0.05, 0) is 18.1 Å². The predicted molar refractivity (Wildman–Crippen MR) is 52.2 cm³/mol. The molecule has 0 aromatic carbocycles. The molecule has 0 atom stereocenters. The van der Waals surface area contributed by atoms with Gasteiger partial charge in [0.05, 0.1) is 0 Å². The summed E-state index contributed by atoms with van der Waals surface area (Å²) in [7, 11) is 0. The van der Waals surface area contributed by atoms with Crippen LogP contribution in [0.5, 0.6) is 0 Å². The van der Waals surface area contributed by atoms with Crippen LogP contribution >= 0.6 is 0 Å². The van der Waals surface area contributed by atoms with Crippen molar-refractivity contribution in [1.29, 1.82) is 0 Å². The van der Waals surface area contributed by atoms with Gasteiger partial charge in [0.15, 0.2) is 0 Å². The Morgan fingerprint density at radius 2 is 1.79 bits per heavy atom. The molecule has 1 aromatic rings. The highest BCUT2D eigenvalue weighted by molar-refractivity contribution is 5.36. The molecule has 2 N–H and O–H groups in total. The maximum Gasteiger partial charge on any atom is 0.113 e. The summed E-state index contributed by atoms with van der Waals surface area (Å²) in [5.41, 5.74) is 1.32. The number of aliphatic hydroxyl groups is 2. The molecule has 1 heterocycles. The second kappa shape index (κ2) is 5.77. The molecule has 3 nitrogen and oxygen atoms in total. The van der Waals surface area contributed by atoms with Crippen LogP contribution in [0.4, 0.5) is 0 Å². The molecule has 1 rings (SSSR count). The minimum Gasteiger partial charge on any atom is -0.384 e. The van der Waals surface area contributed by atoms with Gasteiger partial charge in [0.25, 0.3) is 0 Å². The maximum absolute atomic E-state index is 8.45. The van der Waals surface area contributed by atoms with Crippen molar-refractivity contribution in [2.24, 2.45) is 0 Å². The number of rotatable bonds is 0. The van der Waals surface area contributed by atoms with Crippen molar-refractivity contribution >= 4 is 0 Å². The van der Waals surface area contributed by atoms with E-state index in [9.17, 15) is 0 Å². The second-order valence-electron chi connectivity index (χ2n) is 2.35. The predicted octanol–water partition coefficient (Wildman–Crippen LogP) is -0.231. The van der Waals surface area contributed by atoms with Crippen molar-refractivity contribution < 1.29 is 10.2 Å². The summed E-state index contributed by atoms with van der Waals surface area (Å²) in [6, 6.07) is 3.47. The van der Waals surface area contributed by atoms with Gasteiger partial charge in [0, 0.05) is 11.8 Å². The van der Waals surface area contributed by atoms with Crippen molar-refractivity contribution in [3.05, 3.63) is 29.6 Å². The summed E-state index contributed by atoms with van der Waals surface area (Å²) in [5.74, 6) is 10.4. The number of aromatic nitrogens is 1. The van der Waals surface area contributed by atoms with E-state index < -0.39 is 0 Å². The molecule has 0 aliphatic rings. The molecule has 0 fully saturated rings. The van der Waals surface area contributed by atoms with E-state index in [1.165, 1.54) is 0 Å². The first-order chi connectivity index (χ1) is 6.86. The number of pyridine rings is 1. The third kappa shape index (κ3) is 3.28. The highest BCUT2D eigenvalue weighted by Crippen LogP contribution is 1.96. The zero-order valence-corrected chi connectivity index (χ0v) is 7.49. The van der Waals surface area contributed by atoms with Gasteiger partial charge in [0.2, 0.25) is 0 Å². The molecule has 0 unspecified atom stereocenters. The van der Waals surface area contributed by atoms with Crippen molar-refractivity contribution in [3.63, 3.8) is 0 Å². The average Bonchev–Trinajstić information content (AvgIpc) is 2.25. The van der Waals surface area contributed by atoms with E-state index >= 15 is 0 Å². The Hall–Kier alpha value is -1.81. The number of aliphatic hydroxyl groups excluding tert-OH is 2. The van der Waals surface area contributed by atoms with Crippen LogP contribution in [0.1, 0.15) is 11.3 Å². The topological polar surface area (TPSA) is 53.4 Å². The monoisotopic (exact) mass is 187 g/mol. The van der Waals surface area contributed by atoms with Crippen molar-refractivity contribution in [2.75, 3.05) is 13.2 Å². The molecule has 70 valence electrons. The van der Waals surface area contributed by atoms with Gasteiger partial charge in [-0.3, -0.25) is 0 Å². The van der Waals surface area contributed by atoms with E-state index in [4.69, 9.17) is 10.2 Å². The smallest absolute Gasteiger partial charge is 0.113 e. The van der Waals surface area contributed by atoms with Crippen LogP contribution in [0.2, 0.25) is 0 Å². The molecular formula is C11H9NO2. The lowest BCUT2D eigenvalue weighted by molar-refractivity contribution is 0.350. The minimum absolute atomic E-state index is 0.161. The highest BCUT2D eigenvalue weighted by atomic mass is 16.3. The molecule has 0 bridgehead atoms. The number of hydrogen-bond acceptors (Lipinski definition) is 3. The van der Waals surface area contributed by atoms with Crippen molar-refractivity contribution in [1.82, 2.24) is 4.98 Å².